The molecular weight excluding hydrogens is 661 g/mol. The van der Waals surface area contributed by atoms with Gasteiger partial charge >= 0.3 is 0 Å². The average molecular weight is 695 g/mol. The van der Waals surface area contributed by atoms with Crippen molar-refractivity contribution in [1.29, 1.82) is 0 Å². The van der Waals surface area contributed by atoms with E-state index in [1.54, 1.807) is 0 Å². The Bertz CT molecular complexity index is 2900. The number of benzene rings is 9. The highest BCUT2D eigenvalue weighted by molar-refractivity contribution is 7.25. The molecule has 0 atom stereocenters. The quantitative estimate of drug-likeness (QED) is 0.153. The Hall–Kier alpha value is -6.68. The van der Waals surface area contributed by atoms with Gasteiger partial charge < -0.3 is 9.80 Å². The summed E-state index contributed by atoms with van der Waals surface area (Å²) >= 11 is 1.85. The first-order chi connectivity index (χ1) is 26.3. The highest BCUT2D eigenvalue weighted by Gasteiger charge is 2.25. The molecular formula is C50H34N2S. The fraction of sp³-hybridized carbons (Fsp3) is 0. The van der Waals surface area contributed by atoms with E-state index >= 15 is 0 Å². The molecule has 0 aliphatic rings. The summed E-state index contributed by atoms with van der Waals surface area (Å²) in [5.41, 5.74) is 8.95. The van der Waals surface area contributed by atoms with Crippen LogP contribution in [0.25, 0.3) is 52.8 Å². The molecule has 1 aromatic heterocycles. The number of fused-ring (bicyclic) bond motifs is 6. The van der Waals surface area contributed by atoms with Gasteiger partial charge in [0.15, 0.2) is 0 Å². The second-order valence-electron chi connectivity index (χ2n) is 13.3. The fourth-order valence-corrected chi connectivity index (χ4v) is 9.00. The number of nitrogens with zero attached hydrogens (tertiary/aromatic N) is 2. The zero-order chi connectivity index (χ0) is 35.1. The SMILES string of the molecule is c1ccc(-c2c(N(c3ccccc3)c3ccc4c(c3)sc3ccccc34)cccc2N(c2ccccc2)c2cc3ccccc3c3ccccc23)cc1. The maximum atomic E-state index is 2.46. The second kappa shape index (κ2) is 13.1. The molecule has 0 amide bonds. The summed E-state index contributed by atoms with van der Waals surface area (Å²) in [6, 6.07) is 74.7. The van der Waals surface area contributed by atoms with Crippen LogP contribution >= 0.6 is 11.3 Å². The summed E-state index contributed by atoms with van der Waals surface area (Å²) in [6.07, 6.45) is 0. The first-order valence-corrected chi connectivity index (χ1v) is 18.8. The molecule has 0 aliphatic heterocycles. The van der Waals surface area contributed by atoms with Crippen LogP contribution in [0.15, 0.2) is 206 Å². The van der Waals surface area contributed by atoms with Crippen LogP contribution in [0.3, 0.4) is 0 Å². The maximum absolute atomic E-state index is 2.46. The smallest absolute Gasteiger partial charge is 0.0561 e. The number of para-hydroxylation sites is 2. The van der Waals surface area contributed by atoms with E-state index in [2.05, 4.69) is 216 Å². The van der Waals surface area contributed by atoms with E-state index in [0.717, 1.165) is 45.3 Å². The first-order valence-electron chi connectivity index (χ1n) is 18.0. The van der Waals surface area contributed by atoms with Crippen molar-refractivity contribution in [2.45, 2.75) is 0 Å². The Morgan fingerprint density at radius 3 is 1.58 bits per heavy atom. The monoisotopic (exact) mass is 694 g/mol. The van der Waals surface area contributed by atoms with Crippen molar-refractivity contribution in [1.82, 2.24) is 0 Å². The lowest BCUT2D eigenvalue weighted by atomic mass is 9.96. The third-order valence-electron chi connectivity index (χ3n) is 10.2. The molecule has 3 heteroatoms. The summed E-state index contributed by atoms with van der Waals surface area (Å²) in [6.45, 7) is 0. The third kappa shape index (κ3) is 5.42. The first kappa shape index (κ1) is 31.1. The van der Waals surface area contributed by atoms with Gasteiger partial charge in [0.05, 0.1) is 17.1 Å². The van der Waals surface area contributed by atoms with Crippen LogP contribution in [0.2, 0.25) is 0 Å². The van der Waals surface area contributed by atoms with Crippen molar-refractivity contribution in [3.8, 4) is 11.1 Å². The lowest BCUT2D eigenvalue weighted by Crippen LogP contribution is -2.15. The van der Waals surface area contributed by atoms with E-state index in [1.807, 2.05) is 11.3 Å². The van der Waals surface area contributed by atoms with Crippen molar-refractivity contribution < 1.29 is 0 Å². The molecule has 0 spiro atoms. The van der Waals surface area contributed by atoms with E-state index in [1.165, 1.54) is 41.7 Å². The molecule has 2 nitrogen and oxygen atoms in total. The van der Waals surface area contributed by atoms with Gasteiger partial charge in [0.1, 0.15) is 0 Å². The van der Waals surface area contributed by atoms with Gasteiger partial charge in [-0.15, -0.1) is 11.3 Å². The van der Waals surface area contributed by atoms with E-state index in [0.29, 0.717) is 0 Å². The summed E-state index contributed by atoms with van der Waals surface area (Å²) in [7, 11) is 0. The molecule has 0 radical (unpaired) electrons. The highest BCUT2D eigenvalue weighted by Crippen LogP contribution is 2.51. The van der Waals surface area contributed by atoms with Crippen LogP contribution in [0, 0.1) is 0 Å². The predicted octanol–water partition coefficient (Wildman–Crippen LogP) is 15.0. The molecule has 0 saturated carbocycles. The molecule has 0 N–H and O–H groups in total. The molecule has 53 heavy (non-hydrogen) atoms. The van der Waals surface area contributed by atoms with Gasteiger partial charge in [0.2, 0.25) is 0 Å². The minimum absolute atomic E-state index is 1.10. The van der Waals surface area contributed by atoms with E-state index < -0.39 is 0 Å². The Labute approximate surface area is 313 Å². The predicted molar refractivity (Wildman–Crippen MR) is 229 cm³/mol. The molecule has 0 saturated heterocycles. The zero-order valence-electron chi connectivity index (χ0n) is 28.9. The van der Waals surface area contributed by atoms with Gasteiger partial charge in [-0.3, -0.25) is 0 Å². The van der Waals surface area contributed by atoms with E-state index in [9.17, 15) is 0 Å². The van der Waals surface area contributed by atoms with E-state index in [4.69, 9.17) is 0 Å². The Morgan fingerprint density at radius 1 is 0.302 bits per heavy atom. The number of hydrogen-bond acceptors (Lipinski definition) is 3. The van der Waals surface area contributed by atoms with Gasteiger partial charge in [-0.1, -0.05) is 146 Å². The Kier molecular flexibility index (Phi) is 7.71. The number of hydrogen-bond donors (Lipinski definition) is 0. The number of rotatable bonds is 7. The second-order valence-corrected chi connectivity index (χ2v) is 14.4. The van der Waals surface area contributed by atoms with Crippen molar-refractivity contribution in [2.75, 3.05) is 9.80 Å². The van der Waals surface area contributed by atoms with Gasteiger partial charge in [-0.25, -0.2) is 0 Å². The highest BCUT2D eigenvalue weighted by atomic mass is 32.1. The molecule has 10 rings (SSSR count). The topological polar surface area (TPSA) is 6.48 Å². The van der Waals surface area contributed by atoms with Crippen molar-refractivity contribution in [2.24, 2.45) is 0 Å². The Balaban J connectivity index is 1.29. The van der Waals surface area contributed by atoms with Crippen molar-refractivity contribution >= 4 is 87.2 Å². The molecule has 1 heterocycles. The normalized spacial score (nSPS) is 11.4. The third-order valence-corrected chi connectivity index (χ3v) is 11.3. The average Bonchev–Trinajstić information content (AvgIpc) is 3.60. The summed E-state index contributed by atoms with van der Waals surface area (Å²) in [4.78, 5) is 4.89. The molecule has 0 aliphatic carbocycles. The fourth-order valence-electron chi connectivity index (χ4n) is 7.86. The molecule has 250 valence electrons. The number of thiophene rings is 1. The number of anilines is 6. The van der Waals surface area contributed by atoms with Crippen LogP contribution in [0.5, 0.6) is 0 Å². The summed E-state index contributed by atoms with van der Waals surface area (Å²) in [5.74, 6) is 0. The van der Waals surface area contributed by atoms with Gasteiger partial charge in [0.25, 0.3) is 0 Å². The summed E-state index contributed by atoms with van der Waals surface area (Å²) in [5, 5.41) is 7.50. The lowest BCUT2D eigenvalue weighted by molar-refractivity contribution is 1.26. The van der Waals surface area contributed by atoms with E-state index in [-0.39, 0.29) is 0 Å². The van der Waals surface area contributed by atoms with Crippen LogP contribution < -0.4 is 9.80 Å². The molecule has 0 unspecified atom stereocenters. The van der Waals surface area contributed by atoms with Crippen molar-refractivity contribution in [3.63, 3.8) is 0 Å². The zero-order valence-corrected chi connectivity index (χ0v) is 29.7. The molecule has 0 fully saturated rings. The molecule has 9 aromatic carbocycles. The van der Waals surface area contributed by atoms with Crippen LogP contribution in [-0.2, 0) is 0 Å². The Morgan fingerprint density at radius 2 is 0.849 bits per heavy atom. The molecule has 10 aromatic rings. The van der Waals surface area contributed by atoms with Crippen LogP contribution in [-0.4, -0.2) is 0 Å². The minimum Gasteiger partial charge on any atom is -0.310 e. The minimum atomic E-state index is 1.10. The summed E-state index contributed by atoms with van der Waals surface area (Å²) < 4.78 is 2.58. The maximum Gasteiger partial charge on any atom is 0.0561 e. The van der Waals surface area contributed by atoms with Crippen LogP contribution in [0.4, 0.5) is 34.1 Å². The standard InChI is InChI=1S/C50H34N2S/c1-4-17-35(18-5-1)50-45(51(37-20-6-2-7-21-37)39-31-32-44-43-27-14-15-30-48(43)53-49(44)34-39)28-16-29-46(50)52(38-22-8-3-9-23-38)47-33-36-19-10-11-24-40(36)41-25-12-13-26-42(41)47/h1-34H. The lowest BCUT2D eigenvalue weighted by Gasteiger charge is -2.33. The van der Waals surface area contributed by atoms with Gasteiger partial charge in [-0.2, -0.15) is 0 Å². The largest absolute Gasteiger partial charge is 0.310 e. The molecule has 0 bridgehead atoms. The van der Waals surface area contributed by atoms with Gasteiger partial charge in [0, 0.05) is 48.2 Å². The van der Waals surface area contributed by atoms with Crippen molar-refractivity contribution in [3.05, 3.63) is 206 Å². The van der Waals surface area contributed by atoms with Crippen LogP contribution in [0.1, 0.15) is 0 Å². The van der Waals surface area contributed by atoms with Gasteiger partial charge in [-0.05, 0) is 82.4 Å².